The summed E-state index contributed by atoms with van der Waals surface area (Å²) in [6, 6.07) is 15.8. The van der Waals surface area contributed by atoms with Crippen LogP contribution in [-0.4, -0.2) is 43.2 Å². The van der Waals surface area contributed by atoms with Crippen LogP contribution in [0.5, 0.6) is 0 Å². The van der Waals surface area contributed by atoms with Gasteiger partial charge in [0.25, 0.3) is 5.89 Å². The highest BCUT2D eigenvalue weighted by molar-refractivity contribution is 5.58. The number of hydrogen-bond acceptors (Lipinski definition) is 6. The molecule has 0 atom stereocenters. The largest absolute Gasteiger partial charge is 0.415 e. The molecule has 0 spiro atoms. The third-order valence-electron chi connectivity index (χ3n) is 5.57. The van der Waals surface area contributed by atoms with Crippen LogP contribution in [0.15, 0.2) is 59.1 Å². The van der Waals surface area contributed by atoms with Crippen molar-refractivity contribution in [2.45, 2.75) is 32.4 Å². The summed E-state index contributed by atoms with van der Waals surface area (Å²) in [5.74, 6) is -0.605. The van der Waals surface area contributed by atoms with Crippen molar-refractivity contribution < 1.29 is 13.2 Å². The number of hydrogen-bond donors (Lipinski definition) is 0. The maximum absolute atomic E-state index is 12.6. The van der Waals surface area contributed by atoms with Gasteiger partial charge in [-0.1, -0.05) is 41.6 Å². The maximum Gasteiger partial charge on any atom is 0.314 e. The Bertz CT molecular complexity index is 1160. The molecule has 1 aliphatic heterocycles. The van der Waals surface area contributed by atoms with Gasteiger partial charge in [0.2, 0.25) is 5.89 Å². The smallest absolute Gasteiger partial charge is 0.314 e. The Hall–Kier alpha value is -3.46. The minimum atomic E-state index is -2.78. The summed E-state index contributed by atoms with van der Waals surface area (Å²) in [7, 11) is 0. The number of halogens is 2. The second-order valence-corrected chi connectivity index (χ2v) is 7.92. The zero-order chi connectivity index (χ0) is 21.9. The van der Waals surface area contributed by atoms with Crippen molar-refractivity contribution in [2.24, 2.45) is 0 Å². The fourth-order valence-corrected chi connectivity index (χ4v) is 3.87. The molecule has 0 aliphatic carbocycles. The van der Waals surface area contributed by atoms with Crippen molar-refractivity contribution in [1.29, 1.82) is 0 Å². The van der Waals surface area contributed by atoms with Crippen molar-refractivity contribution in [3.8, 4) is 22.7 Å². The van der Waals surface area contributed by atoms with Crippen molar-refractivity contribution >= 4 is 0 Å². The molecule has 4 aromatic rings. The molecule has 1 aliphatic rings. The van der Waals surface area contributed by atoms with E-state index in [1.807, 2.05) is 18.3 Å². The molecule has 2 aromatic heterocycles. The lowest BCUT2D eigenvalue weighted by molar-refractivity contribution is 0.116. The third-order valence-corrected chi connectivity index (χ3v) is 5.57. The van der Waals surface area contributed by atoms with E-state index in [9.17, 15) is 8.78 Å². The van der Waals surface area contributed by atoms with Gasteiger partial charge in [0.05, 0.1) is 12.7 Å². The van der Waals surface area contributed by atoms with E-state index in [0.717, 1.165) is 23.4 Å². The molecular formula is C23H22F2N6O. The molecule has 0 radical (unpaired) electrons. The fourth-order valence-electron chi connectivity index (χ4n) is 3.87. The van der Waals surface area contributed by atoms with Crippen molar-refractivity contribution in [1.82, 2.24) is 30.1 Å². The Balaban J connectivity index is 1.23. The summed E-state index contributed by atoms with van der Waals surface area (Å²) >= 11 is 0. The van der Waals surface area contributed by atoms with Crippen molar-refractivity contribution in [2.75, 3.05) is 13.1 Å². The number of aromatic nitrogens is 5. The zero-order valence-corrected chi connectivity index (χ0v) is 17.4. The van der Waals surface area contributed by atoms with E-state index >= 15 is 0 Å². The van der Waals surface area contributed by atoms with Gasteiger partial charge in [-0.2, -0.15) is 8.78 Å². The van der Waals surface area contributed by atoms with E-state index in [4.69, 9.17) is 4.42 Å². The molecule has 32 heavy (non-hydrogen) atoms. The Kier molecular flexibility index (Phi) is 5.72. The van der Waals surface area contributed by atoms with E-state index in [0.29, 0.717) is 12.1 Å². The predicted molar refractivity (Wildman–Crippen MR) is 114 cm³/mol. The molecule has 3 heterocycles. The molecule has 1 fully saturated rings. The van der Waals surface area contributed by atoms with Crippen LogP contribution in [-0.2, 0) is 13.1 Å². The molecule has 1 saturated heterocycles. The van der Waals surface area contributed by atoms with Gasteiger partial charge in [0, 0.05) is 17.7 Å². The first kappa shape index (κ1) is 20.4. The van der Waals surface area contributed by atoms with Crippen LogP contribution < -0.4 is 0 Å². The van der Waals surface area contributed by atoms with Gasteiger partial charge in [-0.3, -0.25) is 4.90 Å². The Morgan fingerprint density at radius 2 is 1.47 bits per heavy atom. The Labute approximate surface area is 183 Å². The summed E-state index contributed by atoms with van der Waals surface area (Å²) in [4.78, 5) is 2.48. The van der Waals surface area contributed by atoms with Gasteiger partial charge in [-0.15, -0.1) is 15.3 Å². The monoisotopic (exact) mass is 436 g/mol. The summed E-state index contributed by atoms with van der Waals surface area (Å²) in [6.45, 7) is 3.90. The second kappa shape index (κ2) is 8.96. The van der Waals surface area contributed by atoms with Crippen LogP contribution >= 0.6 is 0 Å². The lowest BCUT2D eigenvalue weighted by atomic mass is 10.1. The number of alkyl halides is 2. The van der Waals surface area contributed by atoms with Gasteiger partial charge in [0.1, 0.15) is 5.69 Å². The van der Waals surface area contributed by atoms with E-state index in [1.165, 1.54) is 31.5 Å². The number of likely N-dealkylation sites (tertiary alicyclic amines) is 1. The lowest BCUT2D eigenvalue weighted by Gasteiger charge is -2.14. The summed E-state index contributed by atoms with van der Waals surface area (Å²) < 4.78 is 32.0. The van der Waals surface area contributed by atoms with Crippen molar-refractivity contribution in [3.05, 3.63) is 71.7 Å². The molecular weight excluding hydrogens is 414 g/mol. The number of benzene rings is 2. The van der Waals surface area contributed by atoms with Crippen LogP contribution in [0.3, 0.4) is 0 Å². The minimum Gasteiger partial charge on any atom is -0.415 e. The first-order valence-electron chi connectivity index (χ1n) is 10.6. The minimum absolute atomic E-state index is 0.0723. The van der Waals surface area contributed by atoms with Crippen molar-refractivity contribution in [3.63, 3.8) is 0 Å². The highest BCUT2D eigenvalue weighted by Gasteiger charge is 2.17. The van der Waals surface area contributed by atoms with E-state index in [2.05, 4.69) is 49.7 Å². The van der Waals surface area contributed by atoms with E-state index in [-0.39, 0.29) is 5.89 Å². The topological polar surface area (TPSA) is 72.9 Å². The van der Waals surface area contributed by atoms with Gasteiger partial charge in [-0.25, -0.2) is 4.68 Å². The molecule has 2 aromatic carbocycles. The molecule has 0 amide bonds. The van der Waals surface area contributed by atoms with Crippen LogP contribution in [0.2, 0.25) is 0 Å². The highest BCUT2D eigenvalue weighted by atomic mass is 19.3. The van der Waals surface area contributed by atoms with Crippen LogP contribution in [0.1, 0.15) is 36.3 Å². The van der Waals surface area contributed by atoms with Crippen LogP contribution in [0.25, 0.3) is 22.7 Å². The van der Waals surface area contributed by atoms with Crippen LogP contribution in [0.4, 0.5) is 8.78 Å². The number of nitrogens with zero attached hydrogens (tertiary/aromatic N) is 6. The molecule has 164 valence electrons. The molecule has 0 saturated carbocycles. The first-order valence-corrected chi connectivity index (χ1v) is 10.6. The zero-order valence-electron chi connectivity index (χ0n) is 17.4. The SMILES string of the molecule is FC(F)c1nnc(-c2ccc(Cn3cc(-c4ccc(CN5CCCC5)cc4)nn3)cc2)o1. The van der Waals surface area contributed by atoms with E-state index in [1.54, 1.807) is 16.8 Å². The Morgan fingerprint density at radius 1 is 0.812 bits per heavy atom. The molecule has 0 unspecified atom stereocenters. The molecule has 0 N–H and O–H groups in total. The number of rotatable bonds is 7. The predicted octanol–water partition coefficient (Wildman–Crippen LogP) is 4.58. The summed E-state index contributed by atoms with van der Waals surface area (Å²) in [5.41, 5.74) is 4.73. The fraction of sp³-hybridized carbons (Fsp3) is 0.304. The van der Waals surface area contributed by atoms with Gasteiger partial charge in [-0.05, 0) is 49.2 Å². The normalized spacial score (nSPS) is 14.5. The Morgan fingerprint density at radius 3 is 2.12 bits per heavy atom. The first-order chi connectivity index (χ1) is 15.6. The van der Waals surface area contributed by atoms with Crippen LogP contribution in [0, 0.1) is 0 Å². The van der Waals surface area contributed by atoms with E-state index < -0.39 is 12.3 Å². The van der Waals surface area contributed by atoms with Gasteiger partial charge < -0.3 is 4.42 Å². The average molecular weight is 436 g/mol. The third kappa shape index (κ3) is 4.57. The highest BCUT2D eigenvalue weighted by Crippen LogP contribution is 2.24. The average Bonchev–Trinajstić information content (AvgIpc) is 3.57. The van der Waals surface area contributed by atoms with Gasteiger partial charge in [0.15, 0.2) is 0 Å². The lowest BCUT2D eigenvalue weighted by Crippen LogP contribution is -2.18. The standard InChI is InChI=1S/C23H22F2N6O/c24-21(25)23-28-27-22(32-23)19-9-5-17(6-10-19)14-31-15-20(26-29-31)18-7-3-16(4-8-18)13-30-11-1-2-12-30/h3-10,15,21H,1-2,11-14H2. The molecule has 0 bridgehead atoms. The quantitative estimate of drug-likeness (QED) is 0.422. The second-order valence-electron chi connectivity index (χ2n) is 7.92. The molecule has 5 rings (SSSR count). The summed E-state index contributed by atoms with van der Waals surface area (Å²) in [5, 5.41) is 15.5. The van der Waals surface area contributed by atoms with Gasteiger partial charge >= 0.3 is 6.43 Å². The maximum atomic E-state index is 12.6. The molecule has 7 nitrogen and oxygen atoms in total. The summed E-state index contributed by atoms with van der Waals surface area (Å²) in [6.07, 6.45) is 1.72. The molecule has 9 heteroatoms.